The minimum absolute atomic E-state index is 0.136. The third-order valence-corrected chi connectivity index (χ3v) is 5.76. The van der Waals surface area contributed by atoms with E-state index < -0.39 is 6.04 Å². The number of carbonyl (C=O) groups is 2. The van der Waals surface area contributed by atoms with Crippen LogP contribution in [0.1, 0.15) is 30.9 Å². The summed E-state index contributed by atoms with van der Waals surface area (Å²) in [6, 6.07) is 21.5. The summed E-state index contributed by atoms with van der Waals surface area (Å²) in [6.07, 6.45) is 2.12. The molecule has 0 spiro atoms. The summed E-state index contributed by atoms with van der Waals surface area (Å²) in [5.41, 5.74) is 1.64. The molecule has 0 aliphatic heterocycles. The molecular weight excluding hydrogens is 467 g/mol. The predicted molar refractivity (Wildman–Crippen MR) is 136 cm³/mol. The van der Waals surface area contributed by atoms with E-state index in [1.807, 2.05) is 37.3 Å². The second-order valence-corrected chi connectivity index (χ2v) is 8.68. The molecule has 0 fully saturated rings. The highest BCUT2D eigenvalue weighted by Gasteiger charge is 2.30. The van der Waals surface area contributed by atoms with Gasteiger partial charge in [-0.3, -0.25) is 9.59 Å². The molecule has 0 saturated carbocycles. The van der Waals surface area contributed by atoms with E-state index in [9.17, 15) is 14.0 Å². The number of unbranched alkanes of at least 4 members (excludes halogenated alkanes) is 1. The lowest BCUT2D eigenvalue weighted by Crippen LogP contribution is -2.51. The summed E-state index contributed by atoms with van der Waals surface area (Å²) >= 11 is 6.03. The predicted octanol–water partition coefficient (Wildman–Crippen LogP) is 5.41. The highest BCUT2D eigenvalue weighted by atomic mass is 35.5. The highest BCUT2D eigenvalue weighted by Crippen LogP contribution is 2.19. The molecule has 3 rings (SSSR count). The van der Waals surface area contributed by atoms with E-state index in [2.05, 4.69) is 5.32 Å². The molecule has 0 bridgehead atoms. The SMILES string of the molecule is CCCCNC(=O)[C@@H](Cc1ccccc1)N(Cc1ccc(F)cc1)C(=O)COc1cccc(Cl)c1. The molecule has 1 atom stereocenters. The van der Waals surface area contributed by atoms with Crippen molar-refractivity contribution in [1.29, 1.82) is 0 Å². The molecule has 35 heavy (non-hydrogen) atoms. The van der Waals surface area contributed by atoms with Crippen LogP contribution >= 0.6 is 11.6 Å². The molecule has 5 nitrogen and oxygen atoms in total. The Labute approximate surface area is 210 Å². The highest BCUT2D eigenvalue weighted by molar-refractivity contribution is 6.30. The van der Waals surface area contributed by atoms with Gasteiger partial charge in [-0.25, -0.2) is 4.39 Å². The van der Waals surface area contributed by atoms with E-state index in [0.717, 1.165) is 18.4 Å². The lowest BCUT2D eigenvalue weighted by Gasteiger charge is -2.31. The molecule has 2 amide bonds. The summed E-state index contributed by atoms with van der Waals surface area (Å²) < 4.78 is 19.2. The molecule has 0 aromatic heterocycles. The Morgan fingerprint density at radius 1 is 1.00 bits per heavy atom. The van der Waals surface area contributed by atoms with Crippen LogP contribution in [0.4, 0.5) is 4.39 Å². The average molecular weight is 497 g/mol. The number of nitrogens with one attached hydrogen (secondary N) is 1. The number of rotatable bonds is 12. The number of ether oxygens (including phenoxy) is 1. The van der Waals surface area contributed by atoms with Crippen LogP contribution in [0.2, 0.25) is 5.02 Å². The van der Waals surface area contributed by atoms with Gasteiger partial charge in [-0.1, -0.05) is 73.5 Å². The van der Waals surface area contributed by atoms with Gasteiger partial charge in [-0.2, -0.15) is 0 Å². The molecule has 0 aliphatic carbocycles. The smallest absolute Gasteiger partial charge is 0.261 e. The van der Waals surface area contributed by atoms with E-state index in [-0.39, 0.29) is 30.8 Å². The van der Waals surface area contributed by atoms with Gasteiger partial charge < -0.3 is 15.0 Å². The first kappa shape index (κ1) is 26.2. The van der Waals surface area contributed by atoms with Crippen LogP contribution in [0.5, 0.6) is 5.75 Å². The number of nitrogens with zero attached hydrogens (tertiary/aromatic N) is 1. The minimum atomic E-state index is -0.769. The van der Waals surface area contributed by atoms with E-state index in [4.69, 9.17) is 16.3 Å². The molecule has 0 saturated heterocycles. The minimum Gasteiger partial charge on any atom is -0.484 e. The number of hydrogen-bond donors (Lipinski definition) is 1. The van der Waals surface area contributed by atoms with Crippen LogP contribution in [-0.2, 0) is 22.6 Å². The van der Waals surface area contributed by atoms with Gasteiger partial charge in [0.2, 0.25) is 5.91 Å². The van der Waals surface area contributed by atoms with Gasteiger partial charge in [0.1, 0.15) is 17.6 Å². The summed E-state index contributed by atoms with van der Waals surface area (Å²) in [7, 11) is 0. The van der Waals surface area contributed by atoms with Crippen molar-refractivity contribution in [3.8, 4) is 5.75 Å². The van der Waals surface area contributed by atoms with Crippen molar-refractivity contribution in [1.82, 2.24) is 10.2 Å². The third-order valence-electron chi connectivity index (χ3n) is 5.53. The Morgan fingerprint density at radius 3 is 2.43 bits per heavy atom. The van der Waals surface area contributed by atoms with E-state index in [1.165, 1.54) is 17.0 Å². The fourth-order valence-electron chi connectivity index (χ4n) is 3.63. The number of halogens is 2. The van der Waals surface area contributed by atoms with Crippen LogP contribution < -0.4 is 10.1 Å². The van der Waals surface area contributed by atoms with E-state index in [0.29, 0.717) is 29.3 Å². The first-order chi connectivity index (χ1) is 17.0. The standard InChI is InChI=1S/C28H30ClFN2O3/c1-2-3-16-31-28(34)26(17-21-8-5-4-6-9-21)32(19-22-12-14-24(30)15-13-22)27(33)20-35-25-11-7-10-23(29)18-25/h4-15,18,26H,2-3,16-17,19-20H2,1H3,(H,31,34)/t26-/m1/s1. The molecule has 3 aromatic rings. The van der Waals surface area contributed by atoms with Crippen molar-refractivity contribution in [2.24, 2.45) is 0 Å². The number of hydrogen-bond acceptors (Lipinski definition) is 3. The average Bonchev–Trinajstić information content (AvgIpc) is 2.86. The Morgan fingerprint density at radius 2 is 1.74 bits per heavy atom. The summed E-state index contributed by atoms with van der Waals surface area (Å²) in [4.78, 5) is 28.3. The summed E-state index contributed by atoms with van der Waals surface area (Å²) in [5, 5.41) is 3.46. The lowest BCUT2D eigenvalue weighted by atomic mass is 10.0. The third kappa shape index (κ3) is 8.41. The van der Waals surface area contributed by atoms with Crippen molar-refractivity contribution in [3.63, 3.8) is 0 Å². The van der Waals surface area contributed by atoms with Crippen LogP contribution in [-0.4, -0.2) is 35.9 Å². The van der Waals surface area contributed by atoms with E-state index >= 15 is 0 Å². The van der Waals surface area contributed by atoms with Gasteiger partial charge in [0, 0.05) is 24.5 Å². The van der Waals surface area contributed by atoms with Gasteiger partial charge in [0.25, 0.3) is 5.91 Å². The molecule has 0 radical (unpaired) electrons. The molecule has 184 valence electrons. The normalized spacial score (nSPS) is 11.5. The van der Waals surface area contributed by atoms with Gasteiger partial charge in [-0.05, 0) is 47.9 Å². The second-order valence-electron chi connectivity index (χ2n) is 8.24. The maximum atomic E-state index is 13.5. The van der Waals surface area contributed by atoms with Crippen molar-refractivity contribution in [3.05, 3.63) is 101 Å². The van der Waals surface area contributed by atoms with Gasteiger partial charge in [-0.15, -0.1) is 0 Å². The number of carbonyl (C=O) groups excluding carboxylic acids is 2. The zero-order valence-electron chi connectivity index (χ0n) is 19.8. The van der Waals surface area contributed by atoms with Gasteiger partial charge in [0.05, 0.1) is 0 Å². The van der Waals surface area contributed by atoms with Crippen LogP contribution in [0.3, 0.4) is 0 Å². The van der Waals surface area contributed by atoms with Crippen molar-refractivity contribution < 1.29 is 18.7 Å². The Kier molecular flexibility index (Phi) is 10.1. The number of amides is 2. The quantitative estimate of drug-likeness (QED) is 0.341. The fourth-order valence-corrected chi connectivity index (χ4v) is 3.81. The Hall–Kier alpha value is -3.38. The largest absolute Gasteiger partial charge is 0.484 e. The monoisotopic (exact) mass is 496 g/mol. The van der Waals surface area contributed by atoms with Gasteiger partial charge in [0.15, 0.2) is 6.61 Å². The maximum Gasteiger partial charge on any atom is 0.261 e. The number of benzene rings is 3. The first-order valence-electron chi connectivity index (χ1n) is 11.7. The van der Waals surface area contributed by atoms with Crippen molar-refractivity contribution in [2.75, 3.05) is 13.2 Å². The van der Waals surface area contributed by atoms with Crippen LogP contribution in [0, 0.1) is 5.82 Å². The Balaban J connectivity index is 1.87. The molecule has 0 unspecified atom stereocenters. The molecule has 0 aliphatic rings. The fraction of sp³-hybridized carbons (Fsp3) is 0.286. The van der Waals surface area contributed by atoms with Crippen molar-refractivity contribution >= 4 is 23.4 Å². The second kappa shape index (κ2) is 13.5. The molecular formula is C28H30ClFN2O3. The van der Waals surface area contributed by atoms with Crippen LogP contribution in [0.15, 0.2) is 78.9 Å². The maximum absolute atomic E-state index is 13.5. The summed E-state index contributed by atoms with van der Waals surface area (Å²) in [5.74, 6) is -0.505. The summed E-state index contributed by atoms with van der Waals surface area (Å²) in [6.45, 7) is 2.44. The molecule has 3 aromatic carbocycles. The first-order valence-corrected chi connectivity index (χ1v) is 12.1. The molecule has 1 N–H and O–H groups in total. The zero-order chi connectivity index (χ0) is 25.0. The van der Waals surface area contributed by atoms with Gasteiger partial charge >= 0.3 is 0 Å². The van der Waals surface area contributed by atoms with E-state index in [1.54, 1.807) is 36.4 Å². The van der Waals surface area contributed by atoms with Crippen LogP contribution in [0.25, 0.3) is 0 Å². The topological polar surface area (TPSA) is 58.6 Å². The van der Waals surface area contributed by atoms with Crippen molar-refractivity contribution in [2.45, 2.75) is 38.8 Å². The lowest BCUT2D eigenvalue weighted by molar-refractivity contribution is -0.142. The molecule has 0 heterocycles. The Bertz CT molecular complexity index is 1090. The zero-order valence-corrected chi connectivity index (χ0v) is 20.5. The molecule has 7 heteroatoms.